The maximum Gasteiger partial charge on any atom is 0.321 e. The molecule has 2 aromatic rings. The van der Waals surface area contributed by atoms with Crippen molar-refractivity contribution in [1.29, 1.82) is 0 Å². The summed E-state index contributed by atoms with van der Waals surface area (Å²) in [6, 6.07) is 12.2. The number of primary sulfonamides is 1. The molecule has 134 valence electrons. The highest BCUT2D eigenvalue weighted by molar-refractivity contribution is 7.89. The highest BCUT2D eigenvalue weighted by atomic mass is 35.5. The molecule has 0 saturated carbocycles. The maximum atomic E-state index is 12.1. The Balaban J connectivity index is 1.83. The van der Waals surface area contributed by atoms with Gasteiger partial charge in [-0.25, -0.2) is 18.4 Å². The Hall–Kier alpha value is -2.29. The van der Waals surface area contributed by atoms with Crippen LogP contribution in [-0.4, -0.2) is 39.5 Å². The molecular weight excluding hydrogens is 366 g/mol. The molecule has 7 nitrogen and oxygen atoms in total. The average molecular weight is 384 g/mol. The van der Waals surface area contributed by atoms with Crippen LogP contribution in [0.4, 0.5) is 10.5 Å². The summed E-state index contributed by atoms with van der Waals surface area (Å²) in [5, 5.41) is 8.25. The van der Waals surface area contributed by atoms with Gasteiger partial charge in [0, 0.05) is 17.8 Å². The maximum absolute atomic E-state index is 12.1. The lowest BCUT2D eigenvalue weighted by Gasteiger charge is -2.18. The van der Waals surface area contributed by atoms with Crippen LogP contribution in [0.15, 0.2) is 53.4 Å². The number of nitrogens with one attached hydrogen (secondary N) is 1. The van der Waals surface area contributed by atoms with Crippen LogP contribution in [0.25, 0.3) is 0 Å². The number of likely N-dealkylation sites (N-methyl/N-ethyl adjacent to an activating group) is 1. The first-order valence-corrected chi connectivity index (χ1v) is 9.21. The number of nitrogens with zero attached hydrogens (tertiary/aromatic N) is 1. The second-order valence-electron chi connectivity index (χ2n) is 5.23. The van der Waals surface area contributed by atoms with E-state index in [0.29, 0.717) is 29.6 Å². The number of sulfonamides is 1. The van der Waals surface area contributed by atoms with E-state index in [1.54, 1.807) is 31.3 Å². The SMILES string of the molecule is CN(CCOc1cccc(Cl)c1)C(=O)Nc1ccc(S(N)(=O)=O)cc1. The van der Waals surface area contributed by atoms with Gasteiger partial charge in [0.1, 0.15) is 12.4 Å². The van der Waals surface area contributed by atoms with E-state index in [4.69, 9.17) is 21.5 Å². The molecule has 0 bridgehead atoms. The minimum absolute atomic E-state index is 0.0197. The number of carbonyl (C=O) groups excluding carboxylic acids is 1. The Labute approximate surface area is 151 Å². The highest BCUT2D eigenvalue weighted by Gasteiger charge is 2.11. The van der Waals surface area contributed by atoms with Crippen LogP contribution >= 0.6 is 11.6 Å². The van der Waals surface area contributed by atoms with Gasteiger partial charge >= 0.3 is 6.03 Å². The van der Waals surface area contributed by atoms with Crippen LogP contribution in [0.5, 0.6) is 5.75 Å². The standard InChI is InChI=1S/C16H18ClN3O4S/c1-20(9-10-24-14-4-2-3-12(17)11-14)16(21)19-13-5-7-15(8-6-13)25(18,22)23/h2-8,11H,9-10H2,1H3,(H,19,21)(H2,18,22,23). The number of hydrogen-bond donors (Lipinski definition) is 2. The number of benzene rings is 2. The van der Waals surface area contributed by atoms with Crippen LogP contribution in [0.3, 0.4) is 0 Å². The van der Waals surface area contributed by atoms with E-state index in [2.05, 4.69) is 5.32 Å². The highest BCUT2D eigenvalue weighted by Crippen LogP contribution is 2.17. The van der Waals surface area contributed by atoms with E-state index in [9.17, 15) is 13.2 Å². The third-order valence-electron chi connectivity index (χ3n) is 3.27. The number of carbonyl (C=O) groups is 1. The minimum Gasteiger partial charge on any atom is -0.492 e. The van der Waals surface area contributed by atoms with Crippen molar-refractivity contribution in [2.75, 3.05) is 25.5 Å². The summed E-state index contributed by atoms with van der Waals surface area (Å²) in [5.74, 6) is 0.625. The predicted octanol–water partition coefficient (Wildman–Crippen LogP) is 2.53. The smallest absolute Gasteiger partial charge is 0.321 e. The predicted molar refractivity (Wildman–Crippen MR) is 96.4 cm³/mol. The van der Waals surface area contributed by atoms with Crippen molar-refractivity contribution in [3.8, 4) is 5.75 Å². The van der Waals surface area contributed by atoms with Gasteiger partial charge in [0.25, 0.3) is 0 Å². The van der Waals surface area contributed by atoms with Crippen molar-refractivity contribution in [1.82, 2.24) is 4.90 Å². The van der Waals surface area contributed by atoms with Crippen LogP contribution in [0, 0.1) is 0 Å². The van der Waals surface area contributed by atoms with Gasteiger partial charge in [-0.3, -0.25) is 0 Å². The Kier molecular flexibility index (Phi) is 6.24. The third-order valence-corrected chi connectivity index (χ3v) is 4.44. The Morgan fingerprint density at radius 3 is 2.52 bits per heavy atom. The molecule has 0 aliphatic heterocycles. The number of amides is 2. The first-order valence-electron chi connectivity index (χ1n) is 7.29. The van der Waals surface area contributed by atoms with Crippen LogP contribution in [0.1, 0.15) is 0 Å². The summed E-state index contributed by atoms with van der Waals surface area (Å²) in [7, 11) is -2.13. The first-order chi connectivity index (χ1) is 11.8. The summed E-state index contributed by atoms with van der Waals surface area (Å²) in [6.07, 6.45) is 0. The van der Waals surface area contributed by atoms with Gasteiger partial charge in [0.2, 0.25) is 10.0 Å². The number of urea groups is 1. The van der Waals surface area contributed by atoms with Crippen molar-refractivity contribution in [2.24, 2.45) is 5.14 Å². The van der Waals surface area contributed by atoms with Gasteiger partial charge in [-0.15, -0.1) is 0 Å². The second-order valence-corrected chi connectivity index (χ2v) is 7.22. The number of halogens is 1. The number of nitrogens with two attached hydrogens (primary N) is 1. The zero-order valence-electron chi connectivity index (χ0n) is 13.5. The van der Waals surface area contributed by atoms with Crippen molar-refractivity contribution >= 4 is 33.3 Å². The Morgan fingerprint density at radius 2 is 1.92 bits per heavy atom. The fourth-order valence-electron chi connectivity index (χ4n) is 1.91. The Bertz CT molecular complexity index is 841. The Morgan fingerprint density at radius 1 is 1.24 bits per heavy atom. The van der Waals surface area contributed by atoms with E-state index >= 15 is 0 Å². The molecule has 2 rings (SSSR count). The molecule has 0 radical (unpaired) electrons. The summed E-state index contributed by atoms with van der Waals surface area (Å²) < 4.78 is 27.9. The van der Waals surface area contributed by atoms with Gasteiger partial charge in [0.15, 0.2) is 0 Å². The molecule has 0 fully saturated rings. The summed E-state index contributed by atoms with van der Waals surface area (Å²) in [6.45, 7) is 0.655. The fraction of sp³-hybridized carbons (Fsp3) is 0.188. The molecule has 0 aliphatic rings. The van der Waals surface area contributed by atoms with Gasteiger partial charge < -0.3 is 15.0 Å². The minimum atomic E-state index is -3.75. The molecule has 0 unspecified atom stereocenters. The molecule has 2 amide bonds. The van der Waals surface area contributed by atoms with E-state index < -0.39 is 10.0 Å². The van der Waals surface area contributed by atoms with Crippen molar-refractivity contribution in [3.05, 3.63) is 53.6 Å². The lowest BCUT2D eigenvalue weighted by atomic mass is 10.3. The normalized spacial score (nSPS) is 11.0. The molecule has 3 N–H and O–H groups in total. The quantitative estimate of drug-likeness (QED) is 0.800. The molecule has 9 heteroatoms. The molecule has 0 aromatic heterocycles. The van der Waals surface area contributed by atoms with Gasteiger partial charge in [-0.1, -0.05) is 17.7 Å². The fourth-order valence-corrected chi connectivity index (χ4v) is 2.60. The summed E-state index contributed by atoms with van der Waals surface area (Å²) >= 11 is 5.87. The molecule has 0 aliphatic carbocycles. The zero-order valence-corrected chi connectivity index (χ0v) is 15.0. The van der Waals surface area contributed by atoms with E-state index in [0.717, 1.165) is 0 Å². The molecule has 0 atom stereocenters. The van der Waals surface area contributed by atoms with Crippen molar-refractivity contribution in [3.63, 3.8) is 0 Å². The van der Waals surface area contributed by atoms with E-state index in [1.165, 1.54) is 29.2 Å². The van der Waals surface area contributed by atoms with Crippen LogP contribution in [0.2, 0.25) is 5.02 Å². The molecule has 0 heterocycles. The summed E-state index contributed by atoms with van der Waals surface area (Å²) in [5.41, 5.74) is 0.458. The molecular formula is C16H18ClN3O4S. The second kappa shape index (κ2) is 8.19. The zero-order chi connectivity index (χ0) is 18.4. The summed E-state index contributed by atoms with van der Waals surface area (Å²) in [4.78, 5) is 13.5. The molecule has 0 spiro atoms. The lowest BCUT2D eigenvalue weighted by Crippen LogP contribution is -2.34. The van der Waals surface area contributed by atoms with Crippen LogP contribution < -0.4 is 15.2 Å². The molecule has 0 saturated heterocycles. The largest absolute Gasteiger partial charge is 0.492 e. The average Bonchev–Trinajstić information content (AvgIpc) is 2.54. The first kappa shape index (κ1) is 19.0. The van der Waals surface area contributed by atoms with Crippen molar-refractivity contribution in [2.45, 2.75) is 4.90 Å². The van der Waals surface area contributed by atoms with Gasteiger partial charge in [-0.2, -0.15) is 0 Å². The van der Waals surface area contributed by atoms with Crippen molar-refractivity contribution < 1.29 is 17.9 Å². The number of ether oxygens (including phenoxy) is 1. The number of hydrogen-bond acceptors (Lipinski definition) is 4. The van der Waals surface area contributed by atoms with E-state index in [1.807, 2.05) is 0 Å². The van der Waals surface area contributed by atoms with Gasteiger partial charge in [0.05, 0.1) is 11.4 Å². The topological polar surface area (TPSA) is 102 Å². The van der Waals surface area contributed by atoms with Crippen LogP contribution in [-0.2, 0) is 10.0 Å². The lowest BCUT2D eigenvalue weighted by molar-refractivity contribution is 0.207. The molecule has 2 aromatic carbocycles. The van der Waals surface area contributed by atoms with E-state index in [-0.39, 0.29) is 10.9 Å². The van der Waals surface area contributed by atoms with Gasteiger partial charge in [-0.05, 0) is 42.5 Å². The number of rotatable bonds is 6. The molecule has 25 heavy (non-hydrogen) atoms. The number of anilines is 1. The third kappa shape index (κ3) is 5.93. The monoisotopic (exact) mass is 383 g/mol.